The molecule has 0 N–H and O–H groups in total. The normalized spacial score (nSPS) is 11.7. The van der Waals surface area contributed by atoms with E-state index in [1.165, 1.54) is 11.3 Å². The summed E-state index contributed by atoms with van der Waals surface area (Å²) in [4.78, 5) is 29.2. The number of hydrogen-bond donors (Lipinski definition) is 0. The lowest BCUT2D eigenvalue weighted by atomic mass is 10.1. The molecule has 1 amide bonds. The Morgan fingerprint density at radius 3 is 2.56 bits per heavy atom. The lowest BCUT2D eigenvalue weighted by molar-refractivity contribution is -0.117. The molecule has 7 heteroatoms. The summed E-state index contributed by atoms with van der Waals surface area (Å²) in [5, 5.41) is 0.633. The SMILES string of the molecule is CCOC(=O)c1ccc2c(c1)sc(=NC(=O)Cc1ccc(Cl)cc1)n2CC. The summed E-state index contributed by atoms with van der Waals surface area (Å²) < 4.78 is 7.91. The van der Waals surface area contributed by atoms with Crippen molar-refractivity contribution in [2.45, 2.75) is 26.8 Å². The zero-order chi connectivity index (χ0) is 19.4. The van der Waals surface area contributed by atoms with Crippen LogP contribution in [0.25, 0.3) is 10.2 Å². The zero-order valence-corrected chi connectivity index (χ0v) is 16.6. The summed E-state index contributed by atoms with van der Waals surface area (Å²) in [6, 6.07) is 12.5. The van der Waals surface area contributed by atoms with Crippen LogP contribution in [0.4, 0.5) is 0 Å². The van der Waals surface area contributed by atoms with Gasteiger partial charge in [-0.05, 0) is 49.7 Å². The topological polar surface area (TPSA) is 60.7 Å². The van der Waals surface area contributed by atoms with E-state index in [-0.39, 0.29) is 18.3 Å². The van der Waals surface area contributed by atoms with E-state index in [0.717, 1.165) is 15.8 Å². The number of rotatable bonds is 5. The summed E-state index contributed by atoms with van der Waals surface area (Å²) in [6.45, 7) is 4.77. The highest BCUT2D eigenvalue weighted by molar-refractivity contribution is 7.16. The maximum absolute atomic E-state index is 12.4. The van der Waals surface area contributed by atoms with Crippen molar-refractivity contribution in [2.75, 3.05) is 6.61 Å². The van der Waals surface area contributed by atoms with Crippen LogP contribution in [0, 0.1) is 0 Å². The average molecular weight is 403 g/mol. The molecule has 1 aromatic heterocycles. The highest BCUT2D eigenvalue weighted by atomic mass is 35.5. The first-order valence-electron chi connectivity index (χ1n) is 8.64. The monoisotopic (exact) mass is 402 g/mol. The summed E-state index contributed by atoms with van der Waals surface area (Å²) in [6.07, 6.45) is 0.212. The molecule has 0 saturated heterocycles. The first kappa shape index (κ1) is 19.3. The molecule has 0 spiro atoms. The summed E-state index contributed by atoms with van der Waals surface area (Å²) in [5.74, 6) is -0.579. The second-order valence-corrected chi connectivity index (χ2v) is 7.29. The van der Waals surface area contributed by atoms with Crippen molar-refractivity contribution < 1.29 is 14.3 Å². The van der Waals surface area contributed by atoms with Crippen LogP contribution in [0.2, 0.25) is 5.02 Å². The molecule has 3 rings (SSSR count). The van der Waals surface area contributed by atoms with E-state index in [0.29, 0.717) is 28.5 Å². The summed E-state index contributed by atoms with van der Waals surface area (Å²) >= 11 is 7.26. The Balaban J connectivity index is 1.94. The van der Waals surface area contributed by atoms with Crippen LogP contribution in [0.15, 0.2) is 47.5 Å². The number of ether oxygens (including phenoxy) is 1. The maximum Gasteiger partial charge on any atom is 0.338 e. The minimum Gasteiger partial charge on any atom is -0.462 e. The van der Waals surface area contributed by atoms with Crippen molar-refractivity contribution in [3.05, 3.63) is 63.4 Å². The van der Waals surface area contributed by atoms with Gasteiger partial charge >= 0.3 is 5.97 Å². The molecule has 0 bridgehead atoms. The Morgan fingerprint density at radius 2 is 1.89 bits per heavy atom. The molecular formula is C20H19ClN2O3S. The van der Waals surface area contributed by atoms with Crippen LogP contribution < -0.4 is 4.80 Å². The molecule has 3 aromatic rings. The minimum absolute atomic E-state index is 0.212. The molecule has 0 unspecified atom stereocenters. The lowest BCUT2D eigenvalue weighted by Gasteiger charge is -2.03. The number of aryl methyl sites for hydroxylation is 1. The van der Waals surface area contributed by atoms with Crippen LogP contribution in [-0.2, 0) is 22.5 Å². The fourth-order valence-electron chi connectivity index (χ4n) is 2.73. The average Bonchev–Trinajstić information content (AvgIpc) is 2.99. The molecule has 5 nitrogen and oxygen atoms in total. The van der Waals surface area contributed by atoms with Crippen LogP contribution >= 0.6 is 22.9 Å². The first-order chi connectivity index (χ1) is 13.0. The van der Waals surface area contributed by atoms with Gasteiger partial charge in [0.1, 0.15) is 0 Å². The Hall–Kier alpha value is -2.44. The molecule has 27 heavy (non-hydrogen) atoms. The van der Waals surface area contributed by atoms with Gasteiger partial charge in [0, 0.05) is 11.6 Å². The van der Waals surface area contributed by atoms with Gasteiger partial charge < -0.3 is 9.30 Å². The lowest BCUT2D eigenvalue weighted by Crippen LogP contribution is -2.16. The Morgan fingerprint density at radius 1 is 1.15 bits per heavy atom. The van der Waals surface area contributed by atoms with Crippen molar-refractivity contribution in [3.8, 4) is 0 Å². The molecule has 0 radical (unpaired) electrons. The van der Waals surface area contributed by atoms with Gasteiger partial charge in [-0.25, -0.2) is 4.79 Å². The number of amides is 1. The van der Waals surface area contributed by atoms with E-state index < -0.39 is 0 Å². The van der Waals surface area contributed by atoms with E-state index >= 15 is 0 Å². The summed E-state index contributed by atoms with van der Waals surface area (Å²) in [7, 11) is 0. The largest absolute Gasteiger partial charge is 0.462 e. The number of halogens is 1. The molecule has 2 aromatic carbocycles. The number of carbonyl (C=O) groups excluding carboxylic acids is 2. The van der Waals surface area contributed by atoms with Gasteiger partial charge in [0.25, 0.3) is 5.91 Å². The number of fused-ring (bicyclic) bond motifs is 1. The van der Waals surface area contributed by atoms with E-state index in [1.54, 1.807) is 31.2 Å². The van der Waals surface area contributed by atoms with Crippen LogP contribution in [0.5, 0.6) is 0 Å². The fraction of sp³-hybridized carbons (Fsp3) is 0.250. The summed E-state index contributed by atoms with van der Waals surface area (Å²) in [5.41, 5.74) is 2.29. The number of esters is 1. The standard InChI is InChI=1S/C20H19ClN2O3S/c1-3-23-16-10-7-14(19(25)26-4-2)12-17(16)27-20(23)22-18(24)11-13-5-8-15(21)9-6-13/h5-10,12H,3-4,11H2,1-2H3. The molecule has 0 aliphatic heterocycles. The minimum atomic E-state index is -0.354. The predicted molar refractivity (Wildman–Crippen MR) is 107 cm³/mol. The van der Waals surface area contributed by atoms with Crippen molar-refractivity contribution in [1.82, 2.24) is 4.57 Å². The third-order valence-corrected chi connectivity index (χ3v) is 5.29. The van der Waals surface area contributed by atoms with E-state index in [9.17, 15) is 9.59 Å². The second-order valence-electron chi connectivity index (χ2n) is 5.84. The highest BCUT2D eigenvalue weighted by Crippen LogP contribution is 2.20. The van der Waals surface area contributed by atoms with Crippen molar-refractivity contribution >= 4 is 45.0 Å². The molecule has 1 heterocycles. The Labute approximate surface area is 165 Å². The van der Waals surface area contributed by atoms with E-state index in [1.807, 2.05) is 29.7 Å². The quantitative estimate of drug-likeness (QED) is 0.600. The first-order valence-corrected chi connectivity index (χ1v) is 9.83. The third-order valence-electron chi connectivity index (χ3n) is 4.00. The van der Waals surface area contributed by atoms with Gasteiger partial charge in [0.05, 0.1) is 28.8 Å². The van der Waals surface area contributed by atoms with Crippen LogP contribution in [0.3, 0.4) is 0 Å². The fourth-order valence-corrected chi connectivity index (χ4v) is 4.01. The molecule has 0 atom stereocenters. The van der Waals surface area contributed by atoms with Crippen molar-refractivity contribution in [2.24, 2.45) is 4.99 Å². The number of benzene rings is 2. The molecular weight excluding hydrogens is 384 g/mol. The Bertz CT molecular complexity index is 1050. The predicted octanol–water partition coefficient (Wildman–Crippen LogP) is 4.22. The van der Waals surface area contributed by atoms with Crippen molar-refractivity contribution in [1.29, 1.82) is 0 Å². The second kappa shape index (κ2) is 8.50. The van der Waals surface area contributed by atoms with Gasteiger partial charge in [-0.1, -0.05) is 35.1 Å². The highest BCUT2D eigenvalue weighted by Gasteiger charge is 2.12. The number of thiazole rings is 1. The number of hydrogen-bond acceptors (Lipinski definition) is 4. The molecule has 0 saturated carbocycles. The maximum atomic E-state index is 12.4. The Kier molecular flexibility index (Phi) is 6.08. The van der Waals surface area contributed by atoms with Gasteiger partial charge in [0.2, 0.25) is 0 Å². The van der Waals surface area contributed by atoms with Gasteiger partial charge in [-0.2, -0.15) is 4.99 Å². The number of carbonyl (C=O) groups is 2. The molecule has 0 aliphatic carbocycles. The van der Waals surface area contributed by atoms with Crippen molar-refractivity contribution in [3.63, 3.8) is 0 Å². The molecule has 140 valence electrons. The van der Waals surface area contributed by atoms with E-state index in [2.05, 4.69) is 4.99 Å². The van der Waals surface area contributed by atoms with Crippen LogP contribution in [0.1, 0.15) is 29.8 Å². The molecule has 0 aliphatic rings. The third kappa shape index (κ3) is 4.46. The molecule has 0 fully saturated rings. The number of nitrogens with zero attached hydrogens (tertiary/aromatic N) is 2. The van der Waals surface area contributed by atoms with Gasteiger partial charge in [-0.15, -0.1) is 0 Å². The van der Waals surface area contributed by atoms with E-state index in [4.69, 9.17) is 16.3 Å². The van der Waals surface area contributed by atoms with Gasteiger partial charge in [-0.3, -0.25) is 4.79 Å². The number of aromatic nitrogens is 1. The zero-order valence-electron chi connectivity index (χ0n) is 15.1. The van der Waals surface area contributed by atoms with Crippen LogP contribution in [-0.4, -0.2) is 23.1 Å². The van der Waals surface area contributed by atoms with Gasteiger partial charge in [0.15, 0.2) is 4.80 Å². The smallest absolute Gasteiger partial charge is 0.338 e.